The predicted molar refractivity (Wildman–Crippen MR) is 92.1 cm³/mol. The van der Waals surface area contributed by atoms with Gasteiger partial charge in [-0.25, -0.2) is 4.98 Å². The molecule has 2 N–H and O–H groups in total. The highest BCUT2D eigenvalue weighted by Gasteiger charge is 2.33. The fourth-order valence-electron chi connectivity index (χ4n) is 2.90. The topological polar surface area (TPSA) is 88.2 Å². The average Bonchev–Trinajstić information content (AvgIpc) is 2.85. The summed E-state index contributed by atoms with van der Waals surface area (Å²) in [5, 5.41) is 6.19. The molecule has 2 amide bonds. The van der Waals surface area contributed by atoms with Crippen molar-refractivity contribution in [2.24, 2.45) is 17.8 Å². The molecule has 0 spiro atoms. The van der Waals surface area contributed by atoms with E-state index in [2.05, 4.69) is 15.6 Å². The number of fused-ring (bicyclic) bond motifs is 1. The zero-order chi connectivity index (χ0) is 17.3. The van der Waals surface area contributed by atoms with Gasteiger partial charge < -0.3 is 10.6 Å². The Labute approximate surface area is 145 Å². The smallest absolute Gasteiger partial charge is 0.229 e. The molecule has 24 heavy (non-hydrogen) atoms. The zero-order valence-corrected chi connectivity index (χ0v) is 14.9. The lowest BCUT2D eigenvalue weighted by Crippen LogP contribution is -2.37. The number of carbonyl (C=O) groups is 3. The lowest BCUT2D eigenvalue weighted by atomic mass is 9.85. The minimum Gasteiger partial charge on any atom is -0.356 e. The summed E-state index contributed by atoms with van der Waals surface area (Å²) in [6, 6.07) is 0. The van der Waals surface area contributed by atoms with E-state index in [4.69, 9.17) is 0 Å². The molecule has 0 unspecified atom stereocenters. The summed E-state index contributed by atoms with van der Waals surface area (Å²) in [6.07, 6.45) is 3.62. The number of anilines is 1. The summed E-state index contributed by atoms with van der Waals surface area (Å²) < 4.78 is 0. The summed E-state index contributed by atoms with van der Waals surface area (Å²) >= 11 is 1.23. The summed E-state index contributed by atoms with van der Waals surface area (Å²) in [6.45, 7) is 4.67. The first-order valence-electron chi connectivity index (χ1n) is 8.55. The first-order valence-corrected chi connectivity index (χ1v) is 9.37. The Morgan fingerprint density at radius 1 is 1.21 bits per heavy atom. The number of hydrogen-bond acceptors (Lipinski definition) is 5. The van der Waals surface area contributed by atoms with Crippen LogP contribution in [0.4, 0.5) is 5.13 Å². The van der Waals surface area contributed by atoms with Crippen molar-refractivity contribution in [2.45, 2.75) is 46.0 Å². The van der Waals surface area contributed by atoms with Crippen molar-refractivity contribution in [3.63, 3.8) is 0 Å². The van der Waals surface area contributed by atoms with Gasteiger partial charge in [-0.15, -0.1) is 0 Å². The van der Waals surface area contributed by atoms with Crippen LogP contribution in [0.15, 0.2) is 0 Å². The fraction of sp³-hybridized carbons (Fsp3) is 0.647. The van der Waals surface area contributed by atoms with Gasteiger partial charge in [-0.3, -0.25) is 14.4 Å². The number of carbonyl (C=O) groups excluding carboxylic acids is 3. The molecule has 1 heterocycles. The van der Waals surface area contributed by atoms with Crippen LogP contribution in [0.3, 0.4) is 0 Å². The maximum atomic E-state index is 12.3. The van der Waals surface area contributed by atoms with Crippen molar-refractivity contribution < 1.29 is 14.4 Å². The van der Waals surface area contributed by atoms with Crippen LogP contribution < -0.4 is 10.6 Å². The molecule has 6 nitrogen and oxygen atoms in total. The molecule has 1 saturated carbocycles. The Morgan fingerprint density at radius 3 is 2.58 bits per heavy atom. The molecule has 0 bridgehead atoms. The van der Waals surface area contributed by atoms with Gasteiger partial charge in [-0.05, 0) is 18.8 Å². The van der Waals surface area contributed by atoms with Crippen molar-refractivity contribution in [3.05, 3.63) is 10.6 Å². The molecule has 0 radical (unpaired) electrons. The van der Waals surface area contributed by atoms with E-state index < -0.39 is 0 Å². The second-order valence-electron chi connectivity index (χ2n) is 7.08. The van der Waals surface area contributed by atoms with Crippen molar-refractivity contribution in [1.82, 2.24) is 10.3 Å². The Morgan fingerprint density at radius 2 is 1.96 bits per heavy atom. The van der Waals surface area contributed by atoms with Gasteiger partial charge in [-0.2, -0.15) is 0 Å². The van der Waals surface area contributed by atoms with E-state index in [1.807, 2.05) is 13.8 Å². The third-order valence-corrected chi connectivity index (χ3v) is 5.64. The molecule has 1 atom stereocenters. The SMILES string of the molecule is CC(C)CNC(=O)[C@H]1CC(=O)c2sc(NC(=O)C3CCC3)nc2C1. The van der Waals surface area contributed by atoms with Crippen LogP contribution in [-0.4, -0.2) is 29.1 Å². The summed E-state index contributed by atoms with van der Waals surface area (Å²) in [5.74, 6) is -0.0574. The minimum atomic E-state index is -0.360. The lowest BCUT2D eigenvalue weighted by Gasteiger charge is -2.23. The third-order valence-electron chi connectivity index (χ3n) is 4.58. The maximum absolute atomic E-state index is 12.3. The standard InChI is InChI=1S/C17H23N3O3S/c1-9(2)8-18-15(22)11-6-12-14(13(21)7-11)24-17(19-12)20-16(23)10-4-3-5-10/h9-11H,3-8H2,1-2H3,(H,18,22)(H,19,20,23)/t11-/m1/s1. The van der Waals surface area contributed by atoms with E-state index >= 15 is 0 Å². The van der Waals surface area contributed by atoms with Crippen LogP contribution in [-0.2, 0) is 16.0 Å². The van der Waals surface area contributed by atoms with E-state index in [1.165, 1.54) is 11.3 Å². The molecule has 0 aromatic carbocycles. The second-order valence-corrected chi connectivity index (χ2v) is 8.08. The quantitative estimate of drug-likeness (QED) is 0.854. The lowest BCUT2D eigenvalue weighted by molar-refractivity contribution is -0.125. The van der Waals surface area contributed by atoms with Crippen molar-refractivity contribution in [1.29, 1.82) is 0 Å². The summed E-state index contributed by atoms with van der Waals surface area (Å²) in [7, 11) is 0. The van der Waals surface area contributed by atoms with E-state index in [-0.39, 0.29) is 35.9 Å². The van der Waals surface area contributed by atoms with Gasteiger partial charge in [-0.1, -0.05) is 31.6 Å². The van der Waals surface area contributed by atoms with E-state index in [0.29, 0.717) is 34.6 Å². The molecule has 1 aromatic heterocycles. The van der Waals surface area contributed by atoms with Crippen LogP contribution in [0.25, 0.3) is 0 Å². The highest BCUT2D eigenvalue weighted by Crippen LogP contribution is 2.34. The average molecular weight is 349 g/mol. The highest BCUT2D eigenvalue weighted by atomic mass is 32.1. The fourth-order valence-corrected chi connectivity index (χ4v) is 3.84. The van der Waals surface area contributed by atoms with Gasteiger partial charge >= 0.3 is 0 Å². The van der Waals surface area contributed by atoms with E-state index in [9.17, 15) is 14.4 Å². The van der Waals surface area contributed by atoms with Gasteiger partial charge in [0.25, 0.3) is 0 Å². The molecule has 7 heteroatoms. The van der Waals surface area contributed by atoms with Crippen molar-refractivity contribution >= 4 is 34.1 Å². The Kier molecular flexibility index (Phi) is 4.99. The first kappa shape index (κ1) is 17.1. The van der Waals surface area contributed by atoms with Crippen LogP contribution in [0.5, 0.6) is 0 Å². The third kappa shape index (κ3) is 3.66. The number of ketones is 1. The van der Waals surface area contributed by atoms with Gasteiger partial charge in [0.2, 0.25) is 11.8 Å². The summed E-state index contributed by atoms with van der Waals surface area (Å²) in [4.78, 5) is 41.5. The van der Waals surface area contributed by atoms with Gasteiger partial charge in [0.05, 0.1) is 16.5 Å². The zero-order valence-electron chi connectivity index (χ0n) is 14.1. The molecular weight excluding hydrogens is 326 g/mol. The number of amides is 2. The number of aromatic nitrogens is 1. The Hall–Kier alpha value is -1.76. The van der Waals surface area contributed by atoms with Gasteiger partial charge in [0.1, 0.15) is 0 Å². The molecular formula is C17H23N3O3S. The number of nitrogens with zero attached hydrogens (tertiary/aromatic N) is 1. The molecule has 1 aromatic rings. The largest absolute Gasteiger partial charge is 0.356 e. The summed E-state index contributed by atoms with van der Waals surface area (Å²) in [5.41, 5.74) is 0.643. The number of nitrogens with one attached hydrogen (secondary N) is 2. The molecule has 0 aliphatic heterocycles. The first-order chi connectivity index (χ1) is 11.4. The molecule has 2 aliphatic rings. The Bertz CT molecular complexity index is 664. The van der Waals surface area contributed by atoms with Gasteiger partial charge in [0.15, 0.2) is 10.9 Å². The van der Waals surface area contributed by atoms with E-state index in [0.717, 1.165) is 19.3 Å². The number of Topliss-reactive ketones (excluding diaryl/α,β-unsaturated/α-hetero) is 1. The van der Waals surface area contributed by atoms with Crippen LogP contribution in [0.1, 0.15) is 54.9 Å². The Balaban J connectivity index is 1.65. The van der Waals surface area contributed by atoms with Crippen LogP contribution in [0.2, 0.25) is 0 Å². The van der Waals surface area contributed by atoms with Crippen LogP contribution in [0, 0.1) is 17.8 Å². The number of thiazole rings is 1. The van der Waals surface area contributed by atoms with Crippen molar-refractivity contribution in [2.75, 3.05) is 11.9 Å². The van der Waals surface area contributed by atoms with Crippen LogP contribution >= 0.6 is 11.3 Å². The maximum Gasteiger partial charge on any atom is 0.229 e. The monoisotopic (exact) mass is 349 g/mol. The van der Waals surface area contributed by atoms with E-state index in [1.54, 1.807) is 0 Å². The molecule has 3 rings (SSSR count). The molecule has 2 aliphatic carbocycles. The predicted octanol–water partition coefficient (Wildman–Crippen LogP) is 2.40. The minimum absolute atomic E-state index is 0.00831. The second kappa shape index (κ2) is 7.01. The molecule has 1 fully saturated rings. The number of rotatable bonds is 5. The normalized spacial score (nSPS) is 20.5. The highest BCUT2D eigenvalue weighted by molar-refractivity contribution is 7.17. The van der Waals surface area contributed by atoms with Gasteiger partial charge in [0, 0.05) is 25.3 Å². The number of hydrogen-bond donors (Lipinski definition) is 2. The molecule has 0 saturated heterocycles. The molecule has 130 valence electrons. The van der Waals surface area contributed by atoms with Crippen molar-refractivity contribution in [3.8, 4) is 0 Å².